The minimum absolute atomic E-state index is 0.432. The zero-order chi connectivity index (χ0) is 17.9. The summed E-state index contributed by atoms with van der Waals surface area (Å²) in [5, 5.41) is 10.1. The largest absolute Gasteiger partial charge is 0.190 e. The molecular weight excluding hydrogens is 316 g/mol. The Balaban J connectivity index is 1.72. The third-order valence-electron chi connectivity index (χ3n) is 6.84. The summed E-state index contributed by atoms with van der Waals surface area (Å²) in [5.74, 6) is 1.53. The molecule has 0 aromatic heterocycles. The molecule has 0 aromatic rings. The maximum atomic E-state index is 5.05. The monoisotopic (exact) mass is 356 g/mol. The first-order chi connectivity index (χ1) is 12.9. The first kappa shape index (κ1) is 19.8. The number of azo groups is 1. The average molecular weight is 357 g/mol. The lowest BCUT2D eigenvalue weighted by molar-refractivity contribution is 0.331. The molecular formula is C24H40N2. The first-order valence-electron chi connectivity index (χ1n) is 11.6. The molecule has 146 valence electrons. The van der Waals surface area contributed by atoms with E-state index in [4.69, 9.17) is 10.2 Å². The molecule has 0 bridgehead atoms. The molecule has 0 aromatic carbocycles. The minimum Gasteiger partial charge on any atom is -0.190 e. The Morgan fingerprint density at radius 2 is 0.846 bits per heavy atom. The quantitative estimate of drug-likeness (QED) is 0.356. The topological polar surface area (TPSA) is 24.7 Å². The van der Waals surface area contributed by atoms with E-state index in [0.717, 1.165) is 24.7 Å². The van der Waals surface area contributed by atoms with Gasteiger partial charge in [0.1, 0.15) is 0 Å². The fourth-order valence-electron chi connectivity index (χ4n) is 5.13. The number of allylic oxidation sites excluding steroid dienone is 2. The highest BCUT2D eigenvalue weighted by Gasteiger charge is 2.25. The highest BCUT2D eigenvalue weighted by Crippen LogP contribution is 2.32. The molecule has 0 amide bonds. The van der Waals surface area contributed by atoms with Crippen LogP contribution < -0.4 is 0 Å². The van der Waals surface area contributed by atoms with Gasteiger partial charge in [0, 0.05) is 0 Å². The van der Waals surface area contributed by atoms with Gasteiger partial charge in [-0.2, -0.15) is 10.2 Å². The van der Waals surface area contributed by atoms with Crippen molar-refractivity contribution in [3.8, 4) is 0 Å². The van der Waals surface area contributed by atoms with Gasteiger partial charge in [-0.25, -0.2) is 0 Å². The summed E-state index contributed by atoms with van der Waals surface area (Å²) in [5.41, 5.74) is 0. The highest BCUT2D eigenvalue weighted by molar-refractivity contribution is 4.95. The lowest BCUT2D eigenvalue weighted by Gasteiger charge is -2.24. The number of nitrogens with zero attached hydrogens (tertiary/aromatic N) is 2. The summed E-state index contributed by atoms with van der Waals surface area (Å²) in [6.07, 6.45) is 30.8. The summed E-state index contributed by atoms with van der Waals surface area (Å²) < 4.78 is 0. The third-order valence-corrected chi connectivity index (χ3v) is 6.84. The van der Waals surface area contributed by atoms with Crippen LogP contribution >= 0.6 is 0 Å². The predicted molar refractivity (Wildman–Crippen MR) is 112 cm³/mol. The molecule has 26 heavy (non-hydrogen) atoms. The van der Waals surface area contributed by atoms with E-state index in [9.17, 15) is 0 Å². The molecule has 1 aliphatic heterocycles. The van der Waals surface area contributed by atoms with Crippen LogP contribution in [0.1, 0.15) is 103 Å². The summed E-state index contributed by atoms with van der Waals surface area (Å²) in [4.78, 5) is 0. The normalized spacial score (nSPS) is 33.4. The maximum absolute atomic E-state index is 5.05. The van der Waals surface area contributed by atoms with Crippen LogP contribution in [-0.2, 0) is 0 Å². The average Bonchev–Trinajstić information content (AvgIpc) is 3.07. The van der Waals surface area contributed by atoms with Gasteiger partial charge in [-0.05, 0) is 63.2 Å². The Kier molecular flexibility index (Phi) is 8.94. The predicted octanol–water partition coefficient (Wildman–Crippen LogP) is 7.80. The fourth-order valence-corrected chi connectivity index (χ4v) is 5.13. The van der Waals surface area contributed by atoms with Crippen molar-refractivity contribution in [3.63, 3.8) is 0 Å². The molecule has 2 heteroatoms. The van der Waals surface area contributed by atoms with Crippen LogP contribution in [0.4, 0.5) is 0 Å². The van der Waals surface area contributed by atoms with E-state index >= 15 is 0 Å². The fraction of sp³-hybridized carbons (Fsp3) is 0.833. The lowest BCUT2D eigenvalue weighted by Crippen LogP contribution is -2.21. The Morgan fingerprint density at radius 3 is 1.23 bits per heavy atom. The third kappa shape index (κ3) is 6.67. The van der Waals surface area contributed by atoms with Crippen molar-refractivity contribution in [1.82, 2.24) is 0 Å². The van der Waals surface area contributed by atoms with E-state index in [1.165, 1.54) is 89.9 Å². The highest BCUT2D eigenvalue weighted by atomic mass is 15.1. The van der Waals surface area contributed by atoms with Gasteiger partial charge >= 0.3 is 0 Å². The number of hydrogen-bond acceptors (Lipinski definition) is 2. The number of rotatable bonds is 2. The lowest BCUT2D eigenvalue weighted by atomic mass is 9.89. The standard InChI is InChI=1S/C24H40N2/c1-2-4-14-20-24(22-17-11-7-8-12-18-22)26-25-23(19-13-3-1)21-15-9-5-6-10-16-21/h3-4,13-14,21-24H,1-2,5-12,15-20H2/b13-3-,14-4-,26-25?. The molecule has 2 atom stereocenters. The van der Waals surface area contributed by atoms with Crippen molar-refractivity contribution in [2.75, 3.05) is 0 Å². The van der Waals surface area contributed by atoms with E-state index in [-0.39, 0.29) is 0 Å². The van der Waals surface area contributed by atoms with Crippen LogP contribution in [-0.4, -0.2) is 12.1 Å². The van der Waals surface area contributed by atoms with E-state index in [1.807, 2.05) is 0 Å². The Hall–Kier alpha value is -0.920. The van der Waals surface area contributed by atoms with E-state index in [1.54, 1.807) is 0 Å². The van der Waals surface area contributed by atoms with E-state index < -0.39 is 0 Å². The molecule has 3 aliphatic rings. The first-order valence-corrected chi connectivity index (χ1v) is 11.6. The van der Waals surface area contributed by atoms with Crippen molar-refractivity contribution < 1.29 is 0 Å². The second-order valence-corrected chi connectivity index (χ2v) is 8.86. The summed E-state index contributed by atoms with van der Waals surface area (Å²) >= 11 is 0. The second kappa shape index (κ2) is 11.7. The van der Waals surface area contributed by atoms with Gasteiger partial charge in [0.05, 0.1) is 12.1 Å². The van der Waals surface area contributed by atoms with Crippen LogP contribution in [0.3, 0.4) is 0 Å². The van der Waals surface area contributed by atoms with E-state index in [2.05, 4.69) is 24.3 Å². The van der Waals surface area contributed by atoms with Crippen LogP contribution in [0.2, 0.25) is 0 Å². The molecule has 2 fully saturated rings. The Bertz CT molecular complexity index is 407. The van der Waals surface area contributed by atoms with Gasteiger partial charge in [-0.1, -0.05) is 75.7 Å². The zero-order valence-corrected chi connectivity index (χ0v) is 16.8. The summed E-state index contributed by atoms with van der Waals surface area (Å²) in [6.45, 7) is 0. The summed E-state index contributed by atoms with van der Waals surface area (Å²) in [7, 11) is 0. The van der Waals surface area contributed by atoms with Crippen LogP contribution in [0.25, 0.3) is 0 Å². The second-order valence-electron chi connectivity index (χ2n) is 8.86. The van der Waals surface area contributed by atoms with Gasteiger partial charge in [-0.3, -0.25) is 0 Å². The molecule has 0 N–H and O–H groups in total. The molecule has 3 rings (SSSR count). The molecule has 2 unspecified atom stereocenters. The van der Waals surface area contributed by atoms with Gasteiger partial charge in [0.25, 0.3) is 0 Å². The molecule has 0 radical (unpaired) electrons. The SMILES string of the molecule is C1=C\CC(C2CCCCCC2)N=NC(C2CCCCCC2)C/C=C\CC/1. The van der Waals surface area contributed by atoms with Crippen LogP contribution in [0.5, 0.6) is 0 Å². The van der Waals surface area contributed by atoms with Gasteiger partial charge in [0.15, 0.2) is 0 Å². The van der Waals surface area contributed by atoms with Crippen molar-refractivity contribution >= 4 is 0 Å². The van der Waals surface area contributed by atoms with Crippen LogP contribution in [0.15, 0.2) is 34.5 Å². The Labute approximate surface area is 161 Å². The number of hydrogen-bond donors (Lipinski definition) is 0. The van der Waals surface area contributed by atoms with Gasteiger partial charge in [-0.15, -0.1) is 0 Å². The Morgan fingerprint density at radius 1 is 0.462 bits per heavy atom. The summed E-state index contributed by atoms with van der Waals surface area (Å²) in [6, 6.07) is 0.863. The smallest absolute Gasteiger partial charge is 0.0770 e. The van der Waals surface area contributed by atoms with Gasteiger partial charge < -0.3 is 0 Å². The molecule has 2 aliphatic carbocycles. The zero-order valence-electron chi connectivity index (χ0n) is 16.8. The van der Waals surface area contributed by atoms with Crippen molar-refractivity contribution in [1.29, 1.82) is 0 Å². The van der Waals surface area contributed by atoms with E-state index in [0.29, 0.717) is 12.1 Å². The molecule has 0 spiro atoms. The molecule has 1 heterocycles. The van der Waals surface area contributed by atoms with Crippen molar-refractivity contribution in [2.45, 2.75) is 115 Å². The van der Waals surface area contributed by atoms with Crippen molar-refractivity contribution in [3.05, 3.63) is 24.3 Å². The van der Waals surface area contributed by atoms with Gasteiger partial charge in [0.2, 0.25) is 0 Å². The molecule has 0 saturated heterocycles. The maximum Gasteiger partial charge on any atom is 0.0770 e. The minimum atomic E-state index is 0.432. The molecule has 2 nitrogen and oxygen atoms in total. The van der Waals surface area contributed by atoms with Crippen LogP contribution in [0, 0.1) is 11.8 Å². The molecule has 2 saturated carbocycles. The van der Waals surface area contributed by atoms with Crippen molar-refractivity contribution in [2.24, 2.45) is 22.1 Å².